The molecule has 3 N–H and O–H groups in total. The van der Waals surface area contributed by atoms with Gasteiger partial charge in [-0.05, 0) is 19.1 Å². The maximum absolute atomic E-state index is 13.4. The van der Waals surface area contributed by atoms with E-state index in [4.69, 9.17) is 15.0 Å². The Morgan fingerprint density at radius 3 is 2.60 bits per heavy atom. The molecule has 156 valence electrons. The van der Waals surface area contributed by atoms with Gasteiger partial charge in [0.2, 0.25) is 0 Å². The number of amides is 3. The number of nitrogens with two attached hydrogens (primary N) is 1. The molecule has 0 atom stereocenters. The van der Waals surface area contributed by atoms with Crippen LogP contribution in [0.25, 0.3) is 22.4 Å². The Balaban J connectivity index is 2.06. The summed E-state index contributed by atoms with van der Waals surface area (Å²) in [4.78, 5) is 38.7. The summed E-state index contributed by atoms with van der Waals surface area (Å²) < 4.78 is 50.0. The highest BCUT2D eigenvalue weighted by Gasteiger charge is 2.34. The molecule has 3 rings (SSSR count). The molecule has 0 radical (unpaired) electrons. The third-order valence-corrected chi connectivity index (χ3v) is 3.94. The highest BCUT2D eigenvalue weighted by molar-refractivity contribution is 6.05. The van der Waals surface area contributed by atoms with Crippen LogP contribution in [0.3, 0.4) is 0 Å². The Hall–Kier alpha value is -3.96. The Labute approximate surface area is 166 Å². The zero-order chi connectivity index (χ0) is 22.1. The van der Waals surface area contributed by atoms with Gasteiger partial charge in [-0.15, -0.1) is 0 Å². The molecule has 2 heterocycles. The van der Waals surface area contributed by atoms with Gasteiger partial charge in [-0.3, -0.25) is 10.1 Å². The number of pyridine rings is 1. The maximum Gasteiger partial charge on any atom is 0.417 e. The van der Waals surface area contributed by atoms with E-state index in [2.05, 4.69) is 10.1 Å². The standard InChI is InChI=1S/C18H13F3N4O5/c1-8-14-10(16(27)29-7-13(26)24-17(22)28)6-12(23-15(14)30-25-8)9-4-2-3-5-11(9)18(19,20)21/h2-6H,7H2,1H3,(H3,22,24,26,28). The van der Waals surface area contributed by atoms with E-state index >= 15 is 0 Å². The quantitative estimate of drug-likeness (QED) is 0.617. The van der Waals surface area contributed by atoms with E-state index < -0.39 is 36.3 Å². The SMILES string of the molecule is Cc1noc2nc(-c3ccccc3C(F)(F)F)cc(C(=O)OCC(=O)NC(N)=O)c12. The molecule has 0 aliphatic rings. The summed E-state index contributed by atoms with van der Waals surface area (Å²) in [6.07, 6.45) is -4.67. The van der Waals surface area contributed by atoms with Crippen LogP contribution in [0.2, 0.25) is 0 Å². The highest BCUT2D eigenvalue weighted by Crippen LogP contribution is 2.37. The molecule has 0 saturated carbocycles. The Kier molecular flexibility index (Phi) is 5.41. The molecule has 30 heavy (non-hydrogen) atoms. The number of imide groups is 1. The van der Waals surface area contributed by atoms with E-state index in [0.717, 1.165) is 12.1 Å². The minimum atomic E-state index is -4.67. The van der Waals surface area contributed by atoms with Crippen LogP contribution >= 0.6 is 0 Å². The second-order valence-corrected chi connectivity index (χ2v) is 6.04. The van der Waals surface area contributed by atoms with Crippen molar-refractivity contribution in [2.75, 3.05) is 6.61 Å². The number of carbonyl (C=O) groups is 3. The number of ether oxygens (including phenoxy) is 1. The number of carbonyl (C=O) groups excluding carboxylic acids is 3. The summed E-state index contributed by atoms with van der Waals surface area (Å²) in [5.74, 6) is -2.04. The molecule has 0 bridgehead atoms. The van der Waals surface area contributed by atoms with Crippen molar-refractivity contribution in [3.05, 3.63) is 47.2 Å². The van der Waals surface area contributed by atoms with Crippen LogP contribution in [0.1, 0.15) is 21.6 Å². The van der Waals surface area contributed by atoms with Gasteiger partial charge in [0.05, 0.1) is 27.9 Å². The van der Waals surface area contributed by atoms with Crippen molar-refractivity contribution >= 4 is 29.0 Å². The zero-order valence-electron chi connectivity index (χ0n) is 15.2. The fourth-order valence-electron chi connectivity index (χ4n) is 2.73. The van der Waals surface area contributed by atoms with Crippen LogP contribution in [-0.4, -0.2) is 34.7 Å². The van der Waals surface area contributed by atoms with Gasteiger partial charge >= 0.3 is 18.2 Å². The summed E-state index contributed by atoms with van der Waals surface area (Å²) in [6.45, 7) is 0.651. The number of benzene rings is 1. The number of urea groups is 1. The number of esters is 1. The first-order valence-electron chi connectivity index (χ1n) is 8.28. The fourth-order valence-corrected chi connectivity index (χ4v) is 2.73. The number of nitrogens with one attached hydrogen (secondary N) is 1. The molecule has 0 aliphatic heterocycles. The monoisotopic (exact) mass is 422 g/mol. The first-order chi connectivity index (χ1) is 14.1. The first kappa shape index (κ1) is 20.8. The smallest absolute Gasteiger partial charge is 0.417 e. The number of alkyl halides is 3. The van der Waals surface area contributed by atoms with E-state index in [1.807, 2.05) is 0 Å². The second-order valence-electron chi connectivity index (χ2n) is 6.04. The average molecular weight is 422 g/mol. The van der Waals surface area contributed by atoms with Gasteiger partial charge in [-0.25, -0.2) is 14.6 Å². The van der Waals surface area contributed by atoms with Gasteiger partial charge in [0.25, 0.3) is 11.6 Å². The Morgan fingerprint density at radius 1 is 1.23 bits per heavy atom. The van der Waals surface area contributed by atoms with Crippen molar-refractivity contribution in [1.29, 1.82) is 0 Å². The molecule has 0 aliphatic carbocycles. The van der Waals surface area contributed by atoms with Crippen molar-refractivity contribution in [1.82, 2.24) is 15.5 Å². The second kappa shape index (κ2) is 7.81. The molecule has 0 fully saturated rings. The van der Waals surface area contributed by atoms with Crippen molar-refractivity contribution in [3.8, 4) is 11.3 Å². The normalized spacial score (nSPS) is 11.3. The molecule has 3 aromatic rings. The van der Waals surface area contributed by atoms with Gasteiger partial charge in [0.1, 0.15) is 0 Å². The molecule has 2 aromatic heterocycles. The number of hydrogen-bond donors (Lipinski definition) is 2. The van der Waals surface area contributed by atoms with Crippen molar-refractivity contribution in [3.63, 3.8) is 0 Å². The number of rotatable bonds is 4. The van der Waals surface area contributed by atoms with Crippen LogP contribution in [0.5, 0.6) is 0 Å². The number of aromatic nitrogens is 2. The van der Waals surface area contributed by atoms with Gasteiger partial charge in [0.15, 0.2) is 6.61 Å². The highest BCUT2D eigenvalue weighted by atomic mass is 19.4. The lowest BCUT2D eigenvalue weighted by atomic mass is 10.0. The van der Waals surface area contributed by atoms with Gasteiger partial charge in [-0.2, -0.15) is 13.2 Å². The van der Waals surface area contributed by atoms with Gasteiger partial charge < -0.3 is 15.0 Å². The molecule has 12 heteroatoms. The molecule has 1 aromatic carbocycles. The van der Waals surface area contributed by atoms with Crippen molar-refractivity contribution in [2.45, 2.75) is 13.1 Å². The maximum atomic E-state index is 13.4. The van der Waals surface area contributed by atoms with Gasteiger partial charge in [0, 0.05) is 5.56 Å². The van der Waals surface area contributed by atoms with Gasteiger partial charge in [-0.1, -0.05) is 23.4 Å². The topological polar surface area (TPSA) is 137 Å². The fraction of sp³-hybridized carbons (Fsp3) is 0.167. The first-order valence-corrected chi connectivity index (χ1v) is 8.28. The van der Waals surface area contributed by atoms with E-state index in [1.165, 1.54) is 25.1 Å². The molecule has 3 amide bonds. The number of aryl methyl sites for hydroxylation is 1. The minimum absolute atomic E-state index is 0.114. The molecule has 9 nitrogen and oxygen atoms in total. The molecule has 0 spiro atoms. The molecule has 0 unspecified atom stereocenters. The van der Waals surface area contributed by atoms with Crippen molar-refractivity contribution < 1.29 is 36.8 Å². The average Bonchev–Trinajstić information content (AvgIpc) is 3.05. The zero-order valence-corrected chi connectivity index (χ0v) is 15.2. The van der Waals surface area contributed by atoms with Crippen LogP contribution in [0.4, 0.5) is 18.0 Å². The van der Waals surface area contributed by atoms with E-state index in [1.54, 1.807) is 5.32 Å². The summed E-state index contributed by atoms with van der Waals surface area (Å²) in [7, 11) is 0. The number of halogens is 3. The van der Waals surface area contributed by atoms with Crippen LogP contribution in [0.15, 0.2) is 34.9 Å². The predicted molar refractivity (Wildman–Crippen MR) is 95.0 cm³/mol. The van der Waals surface area contributed by atoms with E-state index in [0.29, 0.717) is 0 Å². The lowest BCUT2D eigenvalue weighted by Crippen LogP contribution is -2.37. The predicted octanol–water partition coefficient (Wildman–Crippen LogP) is 2.57. The largest absolute Gasteiger partial charge is 0.452 e. The van der Waals surface area contributed by atoms with Crippen LogP contribution in [0, 0.1) is 6.92 Å². The molecular weight excluding hydrogens is 409 g/mol. The third-order valence-electron chi connectivity index (χ3n) is 3.94. The summed E-state index contributed by atoms with van der Waals surface area (Å²) in [5.41, 5.74) is 3.17. The number of primary amides is 1. The third kappa shape index (κ3) is 4.21. The molecule has 0 saturated heterocycles. The van der Waals surface area contributed by atoms with E-state index in [-0.39, 0.29) is 33.6 Å². The summed E-state index contributed by atoms with van der Waals surface area (Å²) in [6, 6.07) is 4.62. The summed E-state index contributed by atoms with van der Waals surface area (Å²) >= 11 is 0. The van der Waals surface area contributed by atoms with E-state index in [9.17, 15) is 27.6 Å². The van der Waals surface area contributed by atoms with Crippen molar-refractivity contribution in [2.24, 2.45) is 5.73 Å². The van der Waals surface area contributed by atoms with Crippen LogP contribution in [-0.2, 0) is 15.7 Å². The lowest BCUT2D eigenvalue weighted by Gasteiger charge is -2.13. The number of nitrogens with zero attached hydrogens (tertiary/aromatic N) is 2. The number of fused-ring (bicyclic) bond motifs is 1. The van der Waals surface area contributed by atoms with Crippen LogP contribution < -0.4 is 11.1 Å². The summed E-state index contributed by atoms with van der Waals surface area (Å²) in [5, 5.41) is 5.49. The lowest BCUT2D eigenvalue weighted by molar-refractivity contribution is -0.137. The minimum Gasteiger partial charge on any atom is -0.452 e. The Morgan fingerprint density at radius 2 is 1.93 bits per heavy atom. The Bertz CT molecular complexity index is 1160. The number of hydrogen-bond acceptors (Lipinski definition) is 7. The molecular formula is C18H13F3N4O5.